The molecule has 7 nitrogen and oxygen atoms in total. The van der Waals surface area contributed by atoms with Crippen LogP contribution >= 0.6 is 0 Å². The van der Waals surface area contributed by atoms with Crippen LogP contribution in [0.25, 0.3) is 0 Å². The van der Waals surface area contributed by atoms with E-state index in [1.165, 1.54) is 46.3 Å². The number of amides is 2. The Labute approximate surface area is 121 Å². The van der Waals surface area contributed by atoms with Gasteiger partial charge < -0.3 is 9.47 Å². The van der Waals surface area contributed by atoms with Gasteiger partial charge in [-0.3, -0.25) is 14.5 Å². The molecule has 0 fully saturated rings. The van der Waals surface area contributed by atoms with Gasteiger partial charge in [0.25, 0.3) is 0 Å². The molecule has 0 aliphatic rings. The van der Waals surface area contributed by atoms with E-state index >= 15 is 0 Å². The third-order valence-corrected chi connectivity index (χ3v) is 2.69. The lowest BCUT2D eigenvalue weighted by Gasteiger charge is -2.20. The van der Waals surface area contributed by atoms with Crippen LogP contribution < -0.4 is 4.90 Å². The Bertz CT molecular complexity index is 593. The van der Waals surface area contributed by atoms with Gasteiger partial charge in [-0.1, -0.05) is 0 Å². The van der Waals surface area contributed by atoms with Crippen LogP contribution in [0.4, 0.5) is 5.69 Å². The molecule has 7 heteroatoms. The molecule has 0 atom stereocenters. The Hall–Kier alpha value is -2.70. The summed E-state index contributed by atoms with van der Waals surface area (Å²) < 4.78 is 9.18. The first-order valence-corrected chi connectivity index (χ1v) is 5.95. The van der Waals surface area contributed by atoms with Crippen LogP contribution in [-0.4, -0.2) is 38.0 Å². The van der Waals surface area contributed by atoms with Gasteiger partial charge in [0.05, 0.1) is 31.0 Å². The summed E-state index contributed by atoms with van der Waals surface area (Å²) in [4.78, 5) is 47.4. The summed E-state index contributed by atoms with van der Waals surface area (Å²) in [6, 6.07) is 3.88. The molecule has 0 saturated carbocycles. The summed E-state index contributed by atoms with van der Waals surface area (Å²) in [5.41, 5.74) is 0.0768. The van der Waals surface area contributed by atoms with E-state index in [4.69, 9.17) is 0 Å². The Kier molecular flexibility index (Phi) is 5.18. The number of methoxy groups -OCH3 is 2. The number of benzene rings is 1. The van der Waals surface area contributed by atoms with Crippen molar-refractivity contribution in [2.24, 2.45) is 0 Å². The molecule has 0 radical (unpaired) electrons. The maximum Gasteiger partial charge on any atom is 0.339 e. The smallest absolute Gasteiger partial charge is 0.339 e. The summed E-state index contributed by atoms with van der Waals surface area (Å²) >= 11 is 0. The Balaban J connectivity index is 3.54. The number of carbonyl (C=O) groups excluding carboxylic acids is 4. The van der Waals surface area contributed by atoms with E-state index in [9.17, 15) is 19.2 Å². The SMILES string of the molecule is COC(=O)c1ccc(C(=O)OC)c(N(C(C)=O)C(C)=O)c1. The standard InChI is InChI=1S/C14H15NO6/c1-8(16)15(9(2)17)12-7-10(13(18)20-3)5-6-11(12)14(19)21-4/h5-7H,1-4H3. The summed E-state index contributed by atoms with van der Waals surface area (Å²) in [6.45, 7) is 2.35. The van der Waals surface area contributed by atoms with Crippen LogP contribution in [0.3, 0.4) is 0 Å². The Morgan fingerprint density at radius 3 is 1.86 bits per heavy atom. The molecule has 21 heavy (non-hydrogen) atoms. The van der Waals surface area contributed by atoms with Crippen LogP contribution in [0.15, 0.2) is 18.2 Å². The van der Waals surface area contributed by atoms with Gasteiger partial charge in [-0.2, -0.15) is 0 Å². The summed E-state index contributed by atoms with van der Waals surface area (Å²) in [5.74, 6) is -2.56. The molecule has 112 valence electrons. The summed E-state index contributed by atoms with van der Waals surface area (Å²) in [5, 5.41) is 0. The van der Waals surface area contributed by atoms with E-state index in [1.54, 1.807) is 0 Å². The Morgan fingerprint density at radius 1 is 0.905 bits per heavy atom. The van der Waals surface area contributed by atoms with E-state index in [0.29, 0.717) is 0 Å². The number of esters is 2. The van der Waals surface area contributed by atoms with Gasteiger partial charge in [-0.25, -0.2) is 9.59 Å². The fraction of sp³-hybridized carbons (Fsp3) is 0.286. The predicted octanol–water partition coefficient (Wildman–Crippen LogP) is 1.16. The van der Waals surface area contributed by atoms with Crippen molar-refractivity contribution in [2.45, 2.75) is 13.8 Å². The van der Waals surface area contributed by atoms with Crippen molar-refractivity contribution in [1.82, 2.24) is 0 Å². The Morgan fingerprint density at radius 2 is 1.43 bits per heavy atom. The van der Waals surface area contributed by atoms with Crippen LogP contribution in [0.1, 0.15) is 34.6 Å². The average Bonchev–Trinajstić information content (AvgIpc) is 2.44. The number of hydrogen-bond donors (Lipinski definition) is 0. The van der Waals surface area contributed by atoms with Gasteiger partial charge >= 0.3 is 11.9 Å². The van der Waals surface area contributed by atoms with E-state index in [-0.39, 0.29) is 16.8 Å². The maximum atomic E-state index is 11.7. The van der Waals surface area contributed by atoms with Crippen molar-refractivity contribution >= 4 is 29.4 Å². The summed E-state index contributed by atoms with van der Waals surface area (Å²) in [6.07, 6.45) is 0. The average molecular weight is 293 g/mol. The second-order valence-electron chi connectivity index (χ2n) is 4.09. The van der Waals surface area contributed by atoms with Gasteiger partial charge in [0.2, 0.25) is 11.8 Å². The van der Waals surface area contributed by atoms with Crippen LogP contribution in [0, 0.1) is 0 Å². The number of carbonyl (C=O) groups is 4. The third kappa shape index (κ3) is 3.44. The number of anilines is 1. The van der Waals surface area contributed by atoms with E-state index in [1.807, 2.05) is 0 Å². The molecule has 0 aliphatic carbocycles. The lowest BCUT2D eigenvalue weighted by Crippen LogP contribution is -2.34. The fourth-order valence-electron chi connectivity index (χ4n) is 1.81. The lowest BCUT2D eigenvalue weighted by atomic mass is 10.1. The molecule has 1 rings (SSSR count). The van der Waals surface area contributed by atoms with Crippen LogP contribution in [-0.2, 0) is 19.1 Å². The normalized spacial score (nSPS) is 9.71. The van der Waals surface area contributed by atoms with Crippen molar-refractivity contribution in [2.75, 3.05) is 19.1 Å². The summed E-state index contributed by atoms with van der Waals surface area (Å²) in [7, 11) is 2.37. The molecular weight excluding hydrogens is 278 g/mol. The van der Waals surface area contributed by atoms with Crippen molar-refractivity contribution in [3.8, 4) is 0 Å². The quantitative estimate of drug-likeness (QED) is 0.777. The molecule has 0 heterocycles. The zero-order valence-corrected chi connectivity index (χ0v) is 12.1. The minimum atomic E-state index is -0.728. The highest BCUT2D eigenvalue weighted by Crippen LogP contribution is 2.24. The van der Waals surface area contributed by atoms with Crippen molar-refractivity contribution in [3.05, 3.63) is 29.3 Å². The second kappa shape index (κ2) is 6.65. The van der Waals surface area contributed by atoms with Crippen LogP contribution in [0.2, 0.25) is 0 Å². The molecule has 0 aromatic heterocycles. The topological polar surface area (TPSA) is 90.0 Å². The number of hydrogen-bond acceptors (Lipinski definition) is 6. The molecule has 0 aliphatic heterocycles. The first kappa shape index (κ1) is 16.4. The van der Waals surface area contributed by atoms with Crippen molar-refractivity contribution < 1.29 is 28.7 Å². The zero-order valence-electron chi connectivity index (χ0n) is 12.1. The molecule has 0 N–H and O–H groups in total. The minimum absolute atomic E-state index is 0.00412. The number of imide groups is 1. The molecule has 1 aromatic rings. The van der Waals surface area contributed by atoms with E-state index < -0.39 is 23.8 Å². The monoisotopic (exact) mass is 293 g/mol. The van der Waals surface area contributed by atoms with Gasteiger partial charge in [0, 0.05) is 13.8 Å². The highest BCUT2D eigenvalue weighted by atomic mass is 16.5. The molecule has 0 bridgehead atoms. The lowest BCUT2D eigenvalue weighted by molar-refractivity contribution is -0.124. The molecule has 2 amide bonds. The number of rotatable bonds is 3. The molecular formula is C14H15NO6. The fourth-order valence-corrected chi connectivity index (χ4v) is 1.81. The second-order valence-corrected chi connectivity index (χ2v) is 4.09. The molecule has 1 aromatic carbocycles. The third-order valence-electron chi connectivity index (χ3n) is 2.69. The maximum absolute atomic E-state index is 11.7. The van der Waals surface area contributed by atoms with E-state index in [2.05, 4.69) is 9.47 Å². The highest BCUT2D eigenvalue weighted by Gasteiger charge is 2.24. The van der Waals surface area contributed by atoms with Crippen molar-refractivity contribution in [1.29, 1.82) is 0 Å². The number of ether oxygens (including phenoxy) is 2. The minimum Gasteiger partial charge on any atom is -0.465 e. The molecule has 0 unspecified atom stereocenters. The largest absolute Gasteiger partial charge is 0.465 e. The van der Waals surface area contributed by atoms with Gasteiger partial charge in [0.1, 0.15) is 0 Å². The first-order chi connectivity index (χ1) is 9.83. The van der Waals surface area contributed by atoms with Crippen LogP contribution in [0.5, 0.6) is 0 Å². The zero-order chi connectivity index (χ0) is 16.2. The van der Waals surface area contributed by atoms with Gasteiger partial charge in [-0.15, -0.1) is 0 Å². The highest BCUT2D eigenvalue weighted by molar-refractivity contribution is 6.16. The van der Waals surface area contributed by atoms with E-state index in [0.717, 1.165) is 4.90 Å². The molecule has 0 spiro atoms. The van der Waals surface area contributed by atoms with Gasteiger partial charge in [-0.05, 0) is 18.2 Å². The predicted molar refractivity (Wildman–Crippen MR) is 73.0 cm³/mol. The van der Waals surface area contributed by atoms with Crippen molar-refractivity contribution in [3.63, 3.8) is 0 Å². The molecule has 0 saturated heterocycles. The number of nitrogens with zero attached hydrogens (tertiary/aromatic N) is 1. The first-order valence-electron chi connectivity index (χ1n) is 5.95. The van der Waals surface area contributed by atoms with Gasteiger partial charge in [0.15, 0.2) is 0 Å².